The van der Waals surface area contributed by atoms with Crippen molar-refractivity contribution >= 4 is 85.5 Å². The molecule has 0 fully saturated rings. The van der Waals surface area contributed by atoms with Crippen molar-refractivity contribution in [2.45, 2.75) is 13.1 Å². The SMILES string of the molecule is C[Si]1(C)C2=C(B3c4ccccc4N(c4ccccc4)c4cccc(c43)N2c2ccccc2)c2c1sc1ccccc21. The van der Waals surface area contributed by atoms with Crippen LogP contribution < -0.4 is 25.2 Å². The molecule has 0 spiro atoms. The first-order valence-corrected chi connectivity index (χ1v) is 18.2. The van der Waals surface area contributed by atoms with Crippen LogP contribution in [0.5, 0.6) is 0 Å². The summed E-state index contributed by atoms with van der Waals surface area (Å²) in [5.41, 5.74) is 12.1. The van der Waals surface area contributed by atoms with Crippen LogP contribution in [0.15, 0.2) is 133 Å². The standard InChI is InChI=1S/C36H27BN2SSi/c1-41(2)35-34(32-26-18-9-12-23-31(26)40-36(32)41)37-27-19-10-11-20-28(27)38(24-14-5-3-6-15-24)29-21-13-22-30(33(29)37)39(35)25-16-7-4-8-17-25/h3-23H,1-2H3. The summed E-state index contributed by atoms with van der Waals surface area (Å²) in [5.74, 6) is 0. The van der Waals surface area contributed by atoms with E-state index in [-0.39, 0.29) is 6.71 Å². The smallest absolute Gasteiger partial charge is 0.252 e. The zero-order valence-corrected chi connectivity index (χ0v) is 24.8. The molecule has 6 aromatic rings. The van der Waals surface area contributed by atoms with Gasteiger partial charge in [0.05, 0.1) is 0 Å². The van der Waals surface area contributed by atoms with Gasteiger partial charge >= 0.3 is 0 Å². The number of nitrogens with zero attached hydrogens (tertiary/aromatic N) is 2. The Balaban J connectivity index is 1.45. The molecule has 2 nitrogen and oxygen atoms in total. The van der Waals surface area contributed by atoms with Crippen LogP contribution in [0.25, 0.3) is 15.6 Å². The van der Waals surface area contributed by atoms with E-state index >= 15 is 0 Å². The molecule has 0 unspecified atom stereocenters. The van der Waals surface area contributed by atoms with Gasteiger partial charge in [-0.1, -0.05) is 92.0 Å². The van der Waals surface area contributed by atoms with Gasteiger partial charge < -0.3 is 9.80 Å². The van der Waals surface area contributed by atoms with Crippen molar-refractivity contribution in [2.24, 2.45) is 0 Å². The van der Waals surface area contributed by atoms with Crippen molar-refractivity contribution in [1.29, 1.82) is 0 Å². The molecule has 9 rings (SSSR count). The third-order valence-electron chi connectivity index (χ3n) is 9.14. The van der Waals surface area contributed by atoms with Gasteiger partial charge in [0.1, 0.15) is 8.07 Å². The molecule has 3 aliphatic rings. The number of rotatable bonds is 2. The number of thiophene rings is 1. The lowest BCUT2D eigenvalue weighted by molar-refractivity contribution is 1.23. The normalized spacial score (nSPS) is 16.0. The van der Waals surface area contributed by atoms with Gasteiger partial charge in [-0.3, -0.25) is 0 Å². The molecule has 4 heterocycles. The van der Waals surface area contributed by atoms with E-state index in [4.69, 9.17) is 0 Å². The average Bonchev–Trinajstić information content (AvgIpc) is 3.51. The Labute approximate surface area is 245 Å². The van der Waals surface area contributed by atoms with E-state index in [9.17, 15) is 0 Å². The molecule has 194 valence electrons. The Bertz CT molecular complexity index is 2050. The Morgan fingerprint density at radius 1 is 0.585 bits per heavy atom. The third kappa shape index (κ3) is 3.02. The molecule has 0 N–H and O–H groups in total. The summed E-state index contributed by atoms with van der Waals surface area (Å²) in [6, 6.07) is 47.0. The molecule has 5 aromatic carbocycles. The second-order valence-corrected chi connectivity index (χ2v) is 17.4. The van der Waals surface area contributed by atoms with Crippen LogP contribution in [0.1, 0.15) is 5.56 Å². The highest BCUT2D eigenvalue weighted by atomic mass is 32.1. The molecule has 5 heteroatoms. The molecule has 0 saturated carbocycles. The topological polar surface area (TPSA) is 6.48 Å². The molecule has 41 heavy (non-hydrogen) atoms. The van der Waals surface area contributed by atoms with E-state index in [2.05, 4.69) is 150 Å². The summed E-state index contributed by atoms with van der Waals surface area (Å²) in [5, 5.41) is 2.96. The third-order valence-corrected chi connectivity index (χ3v) is 15.0. The molecule has 0 amide bonds. The summed E-state index contributed by atoms with van der Waals surface area (Å²) in [6.45, 7) is 5.32. The zero-order valence-electron chi connectivity index (χ0n) is 23.0. The van der Waals surface area contributed by atoms with E-state index < -0.39 is 8.07 Å². The molecule has 0 aliphatic carbocycles. The van der Waals surface area contributed by atoms with Gasteiger partial charge in [0, 0.05) is 43.0 Å². The van der Waals surface area contributed by atoms with Gasteiger partial charge in [0.25, 0.3) is 6.71 Å². The molecule has 0 atom stereocenters. The lowest BCUT2D eigenvalue weighted by Gasteiger charge is -2.45. The van der Waals surface area contributed by atoms with Crippen LogP contribution in [0.3, 0.4) is 0 Å². The molecule has 1 aromatic heterocycles. The van der Waals surface area contributed by atoms with Crippen LogP contribution in [0, 0.1) is 0 Å². The maximum Gasteiger partial charge on any atom is 0.252 e. The molecule has 3 aliphatic heterocycles. The van der Waals surface area contributed by atoms with Gasteiger partial charge in [0.2, 0.25) is 0 Å². The highest BCUT2D eigenvalue weighted by Crippen LogP contribution is 2.52. The fraction of sp³-hybridized carbons (Fsp3) is 0.0556. The van der Waals surface area contributed by atoms with E-state index in [1.807, 2.05) is 11.3 Å². The molecule has 0 saturated heterocycles. The van der Waals surface area contributed by atoms with Gasteiger partial charge in [-0.05, 0) is 75.9 Å². The van der Waals surface area contributed by atoms with Crippen molar-refractivity contribution in [3.63, 3.8) is 0 Å². The van der Waals surface area contributed by atoms with Crippen molar-refractivity contribution in [1.82, 2.24) is 0 Å². The highest BCUT2D eigenvalue weighted by Gasteiger charge is 2.54. The van der Waals surface area contributed by atoms with Crippen LogP contribution in [-0.4, -0.2) is 14.8 Å². The summed E-state index contributed by atoms with van der Waals surface area (Å²) < 4.78 is 3.02. The summed E-state index contributed by atoms with van der Waals surface area (Å²) in [7, 11) is -2.06. The van der Waals surface area contributed by atoms with Crippen molar-refractivity contribution in [3.05, 3.63) is 138 Å². The second kappa shape index (κ2) is 8.35. The number of fused-ring (bicyclic) bond motifs is 7. The van der Waals surface area contributed by atoms with Crippen LogP contribution in [0.4, 0.5) is 28.4 Å². The van der Waals surface area contributed by atoms with Crippen molar-refractivity contribution in [2.75, 3.05) is 9.80 Å². The predicted molar refractivity (Wildman–Crippen MR) is 181 cm³/mol. The van der Waals surface area contributed by atoms with Gasteiger partial charge in [-0.15, -0.1) is 11.3 Å². The minimum atomic E-state index is -2.06. The van der Waals surface area contributed by atoms with Crippen LogP contribution >= 0.6 is 11.3 Å². The molecule has 0 bridgehead atoms. The predicted octanol–water partition coefficient (Wildman–Crippen LogP) is 7.86. The van der Waals surface area contributed by atoms with Gasteiger partial charge in [-0.25, -0.2) is 0 Å². The first kappa shape index (κ1) is 23.4. The maximum absolute atomic E-state index is 2.63. The largest absolute Gasteiger partial charge is 0.319 e. The minimum Gasteiger partial charge on any atom is -0.319 e. The maximum atomic E-state index is 2.63. The fourth-order valence-electron chi connectivity index (χ4n) is 7.56. The lowest BCUT2D eigenvalue weighted by atomic mass is 9.32. The monoisotopic (exact) mass is 558 g/mol. The van der Waals surface area contributed by atoms with Gasteiger partial charge in [-0.2, -0.15) is 0 Å². The summed E-state index contributed by atoms with van der Waals surface area (Å²) in [4.78, 5) is 5.11. The zero-order chi connectivity index (χ0) is 27.3. The lowest BCUT2D eigenvalue weighted by Crippen LogP contribution is -2.56. The van der Waals surface area contributed by atoms with Gasteiger partial charge in [0.15, 0.2) is 0 Å². The Hall–Kier alpha value is -4.32. The molecule has 0 radical (unpaired) electrons. The number of hydrogen-bond acceptors (Lipinski definition) is 3. The number of para-hydroxylation sites is 3. The molecular formula is C36H27BN2SSi. The Morgan fingerprint density at radius 2 is 1.17 bits per heavy atom. The number of hydrogen-bond donors (Lipinski definition) is 0. The second-order valence-electron chi connectivity index (χ2n) is 11.7. The quantitative estimate of drug-likeness (QED) is 0.200. The number of benzene rings is 5. The first-order valence-electron chi connectivity index (χ1n) is 14.3. The Kier molecular flexibility index (Phi) is 4.77. The summed E-state index contributed by atoms with van der Waals surface area (Å²) >= 11 is 2.03. The van der Waals surface area contributed by atoms with Crippen molar-refractivity contribution in [3.8, 4) is 0 Å². The van der Waals surface area contributed by atoms with Crippen LogP contribution in [0.2, 0.25) is 13.1 Å². The van der Waals surface area contributed by atoms with E-state index in [1.54, 1.807) is 9.82 Å². The van der Waals surface area contributed by atoms with E-state index in [1.165, 1.54) is 60.5 Å². The fourth-order valence-corrected chi connectivity index (χ4v) is 13.0. The van der Waals surface area contributed by atoms with E-state index in [0.717, 1.165) is 0 Å². The number of anilines is 5. The highest BCUT2D eigenvalue weighted by molar-refractivity contribution is 7.35. The Morgan fingerprint density at radius 3 is 1.93 bits per heavy atom. The average molecular weight is 559 g/mol. The summed E-state index contributed by atoms with van der Waals surface area (Å²) in [6.07, 6.45) is 0. The molecular weight excluding hydrogens is 531 g/mol. The van der Waals surface area contributed by atoms with Crippen molar-refractivity contribution < 1.29 is 0 Å². The van der Waals surface area contributed by atoms with E-state index in [0.29, 0.717) is 0 Å². The van der Waals surface area contributed by atoms with Crippen LogP contribution in [-0.2, 0) is 0 Å². The first-order chi connectivity index (χ1) is 20.1. The minimum absolute atomic E-state index is 0.179.